The van der Waals surface area contributed by atoms with Gasteiger partial charge in [-0.05, 0) is 37.1 Å². The molecule has 0 unspecified atom stereocenters. The smallest absolute Gasteiger partial charge is 0.192 e. The van der Waals surface area contributed by atoms with Crippen molar-refractivity contribution in [2.75, 3.05) is 0 Å². The van der Waals surface area contributed by atoms with Gasteiger partial charge in [-0.25, -0.2) is 9.38 Å². The molecule has 0 aliphatic carbocycles. The Hall–Kier alpha value is -2.59. The van der Waals surface area contributed by atoms with Gasteiger partial charge in [-0.2, -0.15) is 0 Å². The highest BCUT2D eigenvalue weighted by Gasteiger charge is 2.32. The summed E-state index contributed by atoms with van der Waals surface area (Å²) in [5, 5.41) is 7.26. The van der Waals surface area contributed by atoms with Crippen molar-refractivity contribution in [3.05, 3.63) is 94.3 Å². The molecule has 2 N–H and O–H groups in total. The zero-order valence-electron chi connectivity index (χ0n) is 15.4. The predicted molar refractivity (Wildman–Crippen MR) is 110 cm³/mol. The number of rotatable bonds is 5. The van der Waals surface area contributed by atoms with Gasteiger partial charge >= 0.3 is 0 Å². The third-order valence-electron chi connectivity index (χ3n) is 4.54. The Morgan fingerprint density at radius 2 is 1.96 bits per heavy atom. The lowest BCUT2D eigenvalue weighted by Crippen LogP contribution is -2.29. The molecule has 3 nitrogen and oxygen atoms in total. The van der Waals surface area contributed by atoms with Crippen LogP contribution in [0.2, 0.25) is 5.02 Å². The molecule has 1 aliphatic heterocycles. The van der Waals surface area contributed by atoms with E-state index in [-0.39, 0.29) is 24.4 Å². The SMILES string of the molecule is C/C=C\C=C(/C)[C@H]1NC(=NCc2ccc(Cl)cc2F)N[C@H]1c1ccccc1. The van der Waals surface area contributed by atoms with Crippen molar-refractivity contribution in [1.29, 1.82) is 0 Å². The number of allylic oxidation sites excluding steroid dienone is 3. The van der Waals surface area contributed by atoms with Crippen LogP contribution in [-0.2, 0) is 6.54 Å². The molecule has 3 rings (SSSR count). The van der Waals surface area contributed by atoms with Gasteiger partial charge in [0.05, 0.1) is 18.6 Å². The summed E-state index contributed by atoms with van der Waals surface area (Å²) in [6.07, 6.45) is 6.12. The van der Waals surface area contributed by atoms with Crippen LogP contribution in [0.15, 0.2) is 77.3 Å². The Balaban J connectivity index is 1.83. The van der Waals surface area contributed by atoms with Gasteiger partial charge in [0, 0.05) is 10.6 Å². The number of aliphatic imine (C=N–C) groups is 1. The number of guanidine groups is 1. The van der Waals surface area contributed by atoms with Crippen LogP contribution < -0.4 is 10.6 Å². The monoisotopic (exact) mass is 383 g/mol. The Morgan fingerprint density at radius 3 is 2.67 bits per heavy atom. The summed E-state index contributed by atoms with van der Waals surface area (Å²) in [4.78, 5) is 4.54. The van der Waals surface area contributed by atoms with Crippen LogP contribution in [0.1, 0.15) is 31.0 Å². The second-order valence-electron chi connectivity index (χ2n) is 6.49. The number of nitrogens with one attached hydrogen (secondary N) is 2. The summed E-state index contributed by atoms with van der Waals surface area (Å²) in [6, 6.07) is 15.0. The molecule has 0 spiro atoms. The van der Waals surface area contributed by atoms with E-state index in [2.05, 4.69) is 40.8 Å². The lowest BCUT2D eigenvalue weighted by atomic mass is 9.95. The minimum Gasteiger partial charge on any atom is -0.347 e. The van der Waals surface area contributed by atoms with E-state index in [1.165, 1.54) is 17.2 Å². The molecule has 0 radical (unpaired) electrons. The first kappa shape index (κ1) is 19.2. The molecule has 1 heterocycles. The van der Waals surface area contributed by atoms with Crippen molar-refractivity contribution >= 4 is 17.6 Å². The number of hydrogen-bond donors (Lipinski definition) is 2. The van der Waals surface area contributed by atoms with Crippen molar-refractivity contribution in [1.82, 2.24) is 10.6 Å². The summed E-state index contributed by atoms with van der Waals surface area (Å²) in [7, 11) is 0. The van der Waals surface area contributed by atoms with Crippen LogP contribution in [0.5, 0.6) is 0 Å². The van der Waals surface area contributed by atoms with Crippen LogP contribution in [-0.4, -0.2) is 12.0 Å². The maximum Gasteiger partial charge on any atom is 0.192 e. The molecule has 0 aromatic heterocycles. The highest BCUT2D eigenvalue weighted by Crippen LogP contribution is 2.26. The third kappa shape index (κ3) is 4.77. The normalized spacial score (nSPS) is 21.5. The van der Waals surface area contributed by atoms with Crippen LogP contribution in [0, 0.1) is 5.82 Å². The van der Waals surface area contributed by atoms with E-state index in [1.807, 2.05) is 37.3 Å². The zero-order valence-corrected chi connectivity index (χ0v) is 16.2. The zero-order chi connectivity index (χ0) is 19.2. The van der Waals surface area contributed by atoms with E-state index in [4.69, 9.17) is 11.6 Å². The van der Waals surface area contributed by atoms with Crippen LogP contribution in [0.4, 0.5) is 4.39 Å². The molecule has 5 heteroatoms. The number of hydrogen-bond acceptors (Lipinski definition) is 1. The highest BCUT2D eigenvalue weighted by molar-refractivity contribution is 6.30. The highest BCUT2D eigenvalue weighted by atomic mass is 35.5. The number of halogens is 2. The first-order chi connectivity index (χ1) is 13.1. The second-order valence-corrected chi connectivity index (χ2v) is 6.93. The summed E-state index contributed by atoms with van der Waals surface area (Å²) in [5.74, 6) is 0.321. The van der Waals surface area contributed by atoms with E-state index in [1.54, 1.807) is 12.1 Å². The molecular formula is C22H23ClFN3. The Kier molecular flexibility index (Phi) is 6.30. The average Bonchev–Trinajstić information content (AvgIpc) is 3.10. The Labute approximate surface area is 164 Å². The van der Waals surface area contributed by atoms with Gasteiger partial charge in [0.25, 0.3) is 0 Å². The Bertz CT molecular complexity index is 874. The van der Waals surface area contributed by atoms with Gasteiger partial charge in [-0.3, -0.25) is 0 Å². The van der Waals surface area contributed by atoms with Crippen molar-refractivity contribution in [2.45, 2.75) is 32.5 Å². The van der Waals surface area contributed by atoms with Gasteiger partial charge in [-0.15, -0.1) is 0 Å². The second kappa shape index (κ2) is 8.87. The van der Waals surface area contributed by atoms with Gasteiger partial charge < -0.3 is 10.6 Å². The van der Waals surface area contributed by atoms with Gasteiger partial charge in [0.15, 0.2) is 5.96 Å². The number of benzene rings is 2. The molecule has 1 fully saturated rings. The fraction of sp³-hybridized carbons (Fsp3) is 0.227. The molecule has 140 valence electrons. The van der Waals surface area contributed by atoms with Crippen LogP contribution >= 0.6 is 11.6 Å². The van der Waals surface area contributed by atoms with Crippen LogP contribution in [0.25, 0.3) is 0 Å². The molecule has 2 atom stereocenters. The molecular weight excluding hydrogens is 361 g/mol. The van der Waals surface area contributed by atoms with E-state index < -0.39 is 0 Å². The molecule has 0 amide bonds. The fourth-order valence-corrected chi connectivity index (χ4v) is 3.23. The molecule has 2 aromatic rings. The minimum absolute atomic E-state index is 0.0570. The van der Waals surface area contributed by atoms with E-state index in [0.29, 0.717) is 16.5 Å². The quantitative estimate of drug-likeness (QED) is 0.699. The average molecular weight is 384 g/mol. The summed E-state index contributed by atoms with van der Waals surface area (Å²) >= 11 is 5.81. The molecule has 0 saturated carbocycles. The lowest BCUT2D eigenvalue weighted by Gasteiger charge is -2.19. The summed E-state index contributed by atoms with van der Waals surface area (Å²) in [5.41, 5.74) is 2.87. The van der Waals surface area contributed by atoms with Gasteiger partial charge in [0.1, 0.15) is 5.82 Å². The molecule has 27 heavy (non-hydrogen) atoms. The molecule has 1 aliphatic rings. The van der Waals surface area contributed by atoms with Crippen molar-refractivity contribution < 1.29 is 4.39 Å². The standard InChI is InChI=1S/C22H23ClFN3/c1-3-4-8-15(2)20-21(16-9-6-5-7-10-16)27-22(26-20)25-14-17-11-12-18(23)13-19(17)24/h3-13,20-21H,14H2,1-2H3,(H2,25,26,27)/b4-3-,15-8+/t20-,21+/m1/s1. The molecule has 1 saturated heterocycles. The van der Waals surface area contributed by atoms with Crippen molar-refractivity contribution in [3.63, 3.8) is 0 Å². The van der Waals surface area contributed by atoms with Crippen LogP contribution in [0.3, 0.4) is 0 Å². The molecule has 0 bridgehead atoms. The van der Waals surface area contributed by atoms with Gasteiger partial charge in [0.2, 0.25) is 0 Å². The maximum atomic E-state index is 14.0. The lowest BCUT2D eigenvalue weighted by molar-refractivity contribution is 0.589. The minimum atomic E-state index is -0.342. The van der Waals surface area contributed by atoms with Gasteiger partial charge in [-0.1, -0.05) is 66.2 Å². The largest absolute Gasteiger partial charge is 0.347 e. The van der Waals surface area contributed by atoms with E-state index in [9.17, 15) is 4.39 Å². The van der Waals surface area contributed by atoms with E-state index >= 15 is 0 Å². The number of nitrogens with zero attached hydrogens (tertiary/aromatic N) is 1. The van der Waals surface area contributed by atoms with E-state index in [0.717, 1.165) is 0 Å². The fourth-order valence-electron chi connectivity index (χ4n) is 3.07. The maximum absolute atomic E-state index is 14.0. The predicted octanol–water partition coefficient (Wildman–Crippen LogP) is 5.16. The topological polar surface area (TPSA) is 36.4 Å². The summed E-state index contributed by atoms with van der Waals surface area (Å²) in [6.45, 7) is 4.33. The molecule has 2 aromatic carbocycles. The Morgan fingerprint density at radius 1 is 1.19 bits per heavy atom. The first-order valence-electron chi connectivity index (χ1n) is 8.94. The summed E-state index contributed by atoms with van der Waals surface area (Å²) < 4.78 is 14.0. The third-order valence-corrected chi connectivity index (χ3v) is 4.78. The van der Waals surface area contributed by atoms with Crippen molar-refractivity contribution in [3.8, 4) is 0 Å². The first-order valence-corrected chi connectivity index (χ1v) is 9.32. The van der Waals surface area contributed by atoms with Crippen molar-refractivity contribution in [2.24, 2.45) is 4.99 Å².